The van der Waals surface area contributed by atoms with E-state index in [1.54, 1.807) is 30.5 Å². The predicted octanol–water partition coefficient (Wildman–Crippen LogP) is 2.52. The molecule has 0 bridgehead atoms. The van der Waals surface area contributed by atoms with Gasteiger partial charge >= 0.3 is 0 Å². The van der Waals surface area contributed by atoms with E-state index in [2.05, 4.69) is 10.3 Å². The molecule has 0 amide bonds. The summed E-state index contributed by atoms with van der Waals surface area (Å²) >= 11 is 0. The highest BCUT2D eigenvalue weighted by Gasteiger charge is 2.03. The summed E-state index contributed by atoms with van der Waals surface area (Å²) in [4.78, 5) is 14.0. The first-order valence-corrected chi connectivity index (χ1v) is 6.02. The van der Waals surface area contributed by atoms with Crippen LogP contribution < -0.4 is 5.32 Å². The Labute approximate surface area is 115 Å². The number of aromatic nitrogens is 1. The van der Waals surface area contributed by atoms with Gasteiger partial charge in [0.25, 0.3) is 5.69 Å². The quantitative estimate of drug-likeness (QED) is 0.664. The Balaban J connectivity index is 1.89. The molecule has 6 heteroatoms. The third kappa shape index (κ3) is 3.53. The van der Waals surface area contributed by atoms with Crippen molar-refractivity contribution in [2.75, 3.05) is 11.9 Å². The lowest BCUT2D eigenvalue weighted by Gasteiger charge is -2.06. The maximum absolute atomic E-state index is 10.5. The second kappa shape index (κ2) is 6.29. The lowest BCUT2D eigenvalue weighted by Crippen LogP contribution is -2.05. The molecule has 1 aromatic heterocycles. The van der Waals surface area contributed by atoms with E-state index in [0.717, 1.165) is 17.7 Å². The molecular formula is C14H12N4O2. The molecule has 100 valence electrons. The van der Waals surface area contributed by atoms with Gasteiger partial charge in [0.05, 0.1) is 4.92 Å². The lowest BCUT2D eigenvalue weighted by molar-refractivity contribution is -0.384. The van der Waals surface area contributed by atoms with Crippen LogP contribution in [0.5, 0.6) is 0 Å². The normalized spacial score (nSPS) is 9.75. The topological polar surface area (TPSA) is 91.8 Å². The molecule has 0 atom stereocenters. The summed E-state index contributed by atoms with van der Waals surface area (Å²) in [5.41, 5.74) is 2.30. The van der Waals surface area contributed by atoms with Crippen LogP contribution in [0, 0.1) is 21.4 Å². The second-order valence-corrected chi connectivity index (χ2v) is 4.14. The molecule has 0 saturated heterocycles. The van der Waals surface area contributed by atoms with E-state index in [0.29, 0.717) is 12.2 Å². The molecule has 2 aromatic rings. The third-order valence-electron chi connectivity index (χ3n) is 2.76. The highest BCUT2D eigenvalue weighted by atomic mass is 16.6. The molecule has 1 heterocycles. The molecule has 2 rings (SSSR count). The maximum atomic E-state index is 10.5. The number of non-ortho nitro benzene ring substituents is 1. The summed E-state index contributed by atoms with van der Waals surface area (Å²) in [5, 5.41) is 22.5. The van der Waals surface area contributed by atoms with Crippen LogP contribution in [0.1, 0.15) is 11.3 Å². The number of hydrogen-bond acceptors (Lipinski definition) is 5. The molecule has 0 aliphatic rings. The van der Waals surface area contributed by atoms with Gasteiger partial charge in [-0.05, 0) is 24.1 Å². The monoisotopic (exact) mass is 268 g/mol. The zero-order valence-corrected chi connectivity index (χ0v) is 10.6. The molecule has 0 aliphatic carbocycles. The van der Waals surface area contributed by atoms with Crippen molar-refractivity contribution in [3.63, 3.8) is 0 Å². The van der Waals surface area contributed by atoms with Crippen molar-refractivity contribution in [2.24, 2.45) is 0 Å². The van der Waals surface area contributed by atoms with Gasteiger partial charge in [-0.25, -0.2) is 4.98 Å². The number of nitrogens with zero attached hydrogens (tertiary/aromatic N) is 3. The number of hydrogen-bond donors (Lipinski definition) is 1. The van der Waals surface area contributed by atoms with E-state index in [1.807, 2.05) is 6.07 Å². The fourth-order valence-electron chi connectivity index (χ4n) is 1.74. The van der Waals surface area contributed by atoms with Crippen LogP contribution in [0.25, 0.3) is 0 Å². The van der Waals surface area contributed by atoms with E-state index in [4.69, 9.17) is 5.26 Å². The number of nitrogens with one attached hydrogen (secondary N) is 1. The summed E-state index contributed by atoms with van der Waals surface area (Å²) in [5.74, 6) is 0. The van der Waals surface area contributed by atoms with Crippen molar-refractivity contribution >= 4 is 11.4 Å². The first-order chi connectivity index (χ1) is 9.69. The number of rotatable bonds is 5. The smallest absolute Gasteiger partial charge is 0.269 e. The van der Waals surface area contributed by atoms with Crippen LogP contribution in [0.3, 0.4) is 0 Å². The number of pyridine rings is 1. The summed E-state index contributed by atoms with van der Waals surface area (Å²) in [7, 11) is 0. The minimum atomic E-state index is -0.414. The van der Waals surface area contributed by atoms with Crippen LogP contribution in [0.2, 0.25) is 0 Å². The van der Waals surface area contributed by atoms with Crippen molar-refractivity contribution in [3.8, 4) is 6.07 Å². The standard InChI is InChI=1S/C14H12N4O2/c15-10-13-9-12(6-8-17-13)16-7-5-11-1-3-14(4-2-11)18(19)20/h1-4,6,8-9H,5,7H2,(H,16,17). The Bertz CT molecular complexity index is 647. The van der Waals surface area contributed by atoms with Crippen molar-refractivity contribution in [1.82, 2.24) is 4.98 Å². The minimum absolute atomic E-state index is 0.0921. The number of anilines is 1. The molecule has 20 heavy (non-hydrogen) atoms. The average Bonchev–Trinajstić information content (AvgIpc) is 2.48. The zero-order chi connectivity index (χ0) is 14.4. The van der Waals surface area contributed by atoms with Crippen molar-refractivity contribution in [2.45, 2.75) is 6.42 Å². The molecule has 1 aromatic carbocycles. The predicted molar refractivity (Wildman–Crippen MR) is 74.2 cm³/mol. The molecule has 0 spiro atoms. The Morgan fingerprint density at radius 1 is 1.30 bits per heavy atom. The van der Waals surface area contributed by atoms with Crippen LogP contribution in [-0.2, 0) is 6.42 Å². The molecule has 0 unspecified atom stereocenters. The lowest BCUT2D eigenvalue weighted by atomic mass is 10.1. The van der Waals surface area contributed by atoms with Gasteiger partial charge in [-0.1, -0.05) is 12.1 Å². The van der Waals surface area contributed by atoms with E-state index in [9.17, 15) is 10.1 Å². The molecule has 0 aliphatic heterocycles. The minimum Gasteiger partial charge on any atom is -0.385 e. The van der Waals surface area contributed by atoms with Gasteiger partial charge in [-0.3, -0.25) is 10.1 Å². The second-order valence-electron chi connectivity index (χ2n) is 4.14. The number of nitro groups is 1. The molecule has 0 saturated carbocycles. The molecular weight excluding hydrogens is 256 g/mol. The van der Waals surface area contributed by atoms with Gasteiger partial charge in [0.2, 0.25) is 0 Å². The van der Waals surface area contributed by atoms with Crippen LogP contribution >= 0.6 is 0 Å². The van der Waals surface area contributed by atoms with E-state index >= 15 is 0 Å². The number of nitro benzene ring substituents is 1. The van der Waals surface area contributed by atoms with Crippen LogP contribution in [0.15, 0.2) is 42.6 Å². The Hall–Kier alpha value is -2.94. The van der Waals surface area contributed by atoms with Gasteiger partial charge in [-0.15, -0.1) is 0 Å². The maximum Gasteiger partial charge on any atom is 0.269 e. The van der Waals surface area contributed by atoms with Crippen molar-refractivity contribution in [3.05, 3.63) is 64.0 Å². The largest absolute Gasteiger partial charge is 0.385 e. The molecule has 0 fully saturated rings. The van der Waals surface area contributed by atoms with Crippen LogP contribution in [0.4, 0.5) is 11.4 Å². The average molecular weight is 268 g/mol. The summed E-state index contributed by atoms with van der Waals surface area (Å²) in [6, 6.07) is 11.9. The SMILES string of the molecule is N#Cc1cc(NCCc2ccc([N+](=O)[O-])cc2)ccn1. The number of benzene rings is 1. The molecule has 0 radical (unpaired) electrons. The Kier molecular flexibility index (Phi) is 4.24. The number of nitriles is 1. The van der Waals surface area contributed by atoms with E-state index in [1.165, 1.54) is 12.1 Å². The van der Waals surface area contributed by atoms with Crippen molar-refractivity contribution in [1.29, 1.82) is 5.26 Å². The fourth-order valence-corrected chi connectivity index (χ4v) is 1.74. The first kappa shape index (κ1) is 13.5. The summed E-state index contributed by atoms with van der Waals surface area (Å²) in [6.07, 6.45) is 2.31. The Morgan fingerprint density at radius 3 is 2.70 bits per heavy atom. The highest BCUT2D eigenvalue weighted by molar-refractivity contribution is 5.46. The van der Waals surface area contributed by atoms with E-state index < -0.39 is 4.92 Å². The fraction of sp³-hybridized carbons (Fsp3) is 0.143. The van der Waals surface area contributed by atoms with E-state index in [-0.39, 0.29) is 5.69 Å². The van der Waals surface area contributed by atoms with Crippen LogP contribution in [-0.4, -0.2) is 16.5 Å². The van der Waals surface area contributed by atoms with Gasteiger partial charge in [0, 0.05) is 30.6 Å². The highest BCUT2D eigenvalue weighted by Crippen LogP contribution is 2.13. The summed E-state index contributed by atoms with van der Waals surface area (Å²) < 4.78 is 0. The van der Waals surface area contributed by atoms with Gasteiger partial charge < -0.3 is 5.32 Å². The first-order valence-electron chi connectivity index (χ1n) is 6.02. The summed E-state index contributed by atoms with van der Waals surface area (Å²) in [6.45, 7) is 0.673. The van der Waals surface area contributed by atoms with Gasteiger partial charge in [0.1, 0.15) is 11.8 Å². The van der Waals surface area contributed by atoms with Crippen molar-refractivity contribution < 1.29 is 4.92 Å². The molecule has 1 N–H and O–H groups in total. The Morgan fingerprint density at radius 2 is 2.05 bits per heavy atom. The molecule has 6 nitrogen and oxygen atoms in total. The van der Waals surface area contributed by atoms with Gasteiger partial charge in [-0.2, -0.15) is 5.26 Å². The third-order valence-corrected chi connectivity index (χ3v) is 2.76. The van der Waals surface area contributed by atoms with Gasteiger partial charge in [0.15, 0.2) is 0 Å². The zero-order valence-electron chi connectivity index (χ0n) is 10.6.